The van der Waals surface area contributed by atoms with E-state index in [9.17, 15) is 19.7 Å². The first-order valence-electron chi connectivity index (χ1n) is 8.17. The van der Waals surface area contributed by atoms with E-state index in [4.69, 9.17) is 14.2 Å². The Morgan fingerprint density at radius 1 is 1.21 bits per heavy atom. The van der Waals surface area contributed by atoms with Gasteiger partial charge in [-0.25, -0.2) is 4.79 Å². The average Bonchev–Trinajstić information content (AvgIpc) is 2.71. The summed E-state index contributed by atoms with van der Waals surface area (Å²) in [4.78, 5) is 35.8. The van der Waals surface area contributed by atoms with Crippen LogP contribution in [0.1, 0.15) is 10.4 Å². The molecule has 0 saturated carbocycles. The number of amides is 1. The number of carbonyl (C=O) groups excluding carboxylic acids is 2. The third-order valence-electron chi connectivity index (χ3n) is 3.79. The number of nitrogens with zero attached hydrogens (tertiary/aromatic N) is 1. The van der Waals surface area contributed by atoms with Crippen LogP contribution in [0.25, 0.3) is 0 Å². The number of fused-ring (bicyclic) bond motifs is 1. The molecule has 1 N–H and O–H groups in total. The van der Waals surface area contributed by atoms with Gasteiger partial charge in [0.2, 0.25) is 0 Å². The van der Waals surface area contributed by atoms with Crippen molar-refractivity contribution in [2.75, 3.05) is 31.4 Å². The number of anilines is 1. The average molecular weight is 404 g/mol. The monoisotopic (exact) mass is 404 g/mol. The zero-order valence-electron chi connectivity index (χ0n) is 14.8. The molecule has 0 aromatic heterocycles. The first-order chi connectivity index (χ1) is 13.5. The van der Waals surface area contributed by atoms with Crippen molar-refractivity contribution in [2.45, 2.75) is 4.90 Å². The highest BCUT2D eigenvalue weighted by Gasteiger charge is 2.27. The predicted molar refractivity (Wildman–Crippen MR) is 101 cm³/mol. The van der Waals surface area contributed by atoms with Crippen molar-refractivity contribution in [1.29, 1.82) is 0 Å². The molecule has 1 amide bonds. The summed E-state index contributed by atoms with van der Waals surface area (Å²) >= 11 is 1.45. The molecule has 10 heteroatoms. The van der Waals surface area contributed by atoms with E-state index in [1.54, 1.807) is 12.1 Å². The van der Waals surface area contributed by atoms with Gasteiger partial charge in [0.05, 0.1) is 16.7 Å². The largest absolute Gasteiger partial charge is 0.486 e. The number of para-hydroxylation sites is 1. The fraction of sp³-hybridized carbons (Fsp3) is 0.222. The molecule has 3 rings (SSSR count). The molecule has 0 aliphatic carbocycles. The van der Waals surface area contributed by atoms with Crippen molar-refractivity contribution in [1.82, 2.24) is 0 Å². The fourth-order valence-corrected chi connectivity index (χ4v) is 3.09. The molecule has 146 valence electrons. The van der Waals surface area contributed by atoms with Crippen LogP contribution in [0.5, 0.6) is 11.5 Å². The highest BCUT2D eigenvalue weighted by atomic mass is 32.2. The second-order valence-electron chi connectivity index (χ2n) is 5.59. The van der Waals surface area contributed by atoms with Crippen LogP contribution in [0.3, 0.4) is 0 Å². The summed E-state index contributed by atoms with van der Waals surface area (Å²) in [6.45, 7) is -0.0741. The Kier molecular flexibility index (Phi) is 5.99. The smallest absolute Gasteiger partial charge is 0.345 e. The van der Waals surface area contributed by atoms with Crippen molar-refractivity contribution in [3.63, 3.8) is 0 Å². The maximum atomic E-state index is 12.3. The Bertz CT molecular complexity index is 932. The SMILES string of the molecule is CSc1ccccc1NC(=O)COC(=O)c1cc2c(cc1[N+](=O)[O-])OCCO2. The number of thioether (sulfide) groups is 1. The minimum absolute atomic E-state index is 0.181. The number of esters is 1. The van der Waals surface area contributed by atoms with Gasteiger partial charge in [-0.3, -0.25) is 14.9 Å². The Hall–Kier alpha value is -3.27. The third-order valence-corrected chi connectivity index (χ3v) is 4.59. The van der Waals surface area contributed by atoms with Gasteiger partial charge < -0.3 is 19.5 Å². The van der Waals surface area contributed by atoms with Crippen molar-refractivity contribution < 1.29 is 28.7 Å². The van der Waals surface area contributed by atoms with Crippen LogP contribution < -0.4 is 14.8 Å². The van der Waals surface area contributed by atoms with E-state index < -0.39 is 29.1 Å². The lowest BCUT2D eigenvalue weighted by Gasteiger charge is -2.18. The Balaban J connectivity index is 1.70. The van der Waals surface area contributed by atoms with E-state index in [0.717, 1.165) is 11.0 Å². The van der Waals surface area contributed by atoms with Gasteiger partial charge in [0, 0.05) is 11.0 Å². The molecule has 0 saturated heterocycles. The minimum atomic E-state index is -1.00. The zero-order chi connectivity index (χ0) is 20.1. The highest BCUT2D eigenvalue weighted by molar-refractivity contribution is 7.98. The number of hydrogen-bond acceptors (Lipinski definition) is 8. The number of nitro benzene ring substituents is 1. The number of nitro groups is 1. The topological polar surface area (TPSA) is 117 Å². The lowest BCUT2D eigenvalue weighted by molar-refractivity contribution is -0.385. The van der Waals surface area contributed by atoms with Crippen LogP contribution in [0.2, 0.25) is 0 Å². The Morgan fingerprint density at radius 2 is 1.89 bits per heavy atom. The number of carbonyl (C=O) groups is 2. The van der Waals surface area contributed by atoms with Crippen LogP contribution in [0.15, 0.2) is 41.3 Å². The van der Waals surface area contributed by atoms with Gasteiger partial charge >= 0.3 is 5.97 Å². The van der Waals surface area contributed by atoms with E-state index in [0.29, 0.717) is 5.69 Å². The fourth-order valence-electron chi connectivity index (χ4n) is 2.54. The van der Waals surface area contributed by atoms with Crippen LogP contribution in [-0.4, -0.2) is 42.9 Å². The second kappa shape index (κ2) is 8.61. The van der Waals surface area contributed by atoms with Crippen molar-refractivity contribution in [3.05, 3.63) is 52.1 Å². The van der Waals surface area contributed by atoms with Crippen molar-refractivity contribution >= 4 is 35.0 Å². The summed E-state index contributed by atoms with van der Waals surface area (Å²) < 4.78 is 15.6. The maximum absolute atomic E-state index is 12.3. The number of nitrogens with one attached hydrogen (secondary N) is 1. The predicted octanol–water partition coefficient (Wildman–Crippen LogP) is 2.88. The number of ether oxygens (including phenoxy) is 3. The van der Waals surface area contributed by atoms with Crippen molar-refractivity contribution in [2.24, 2.45) is 0 Å². The first kappa shape index (κ1) is 19.5. The molecule has 1 heterocycles. The summed E-state index contributed by atoms with van der Waals surface area (Å²) in [7, 11) is 0. The summed E-state index contributed by atoms with van der Waals surface area (Å²) in [6, 6.07) is 9.46. The maximum Gasteiger partial charge on any atom is 0.345 e. The molecule has 9 nitrogen and oxygen atoms in total. The molecular formula is C18H16N2O7S. The standard InChI is InChI=1S/C18H16N2O7S/c1-28-16-5-3-2-4-12(16)19-17(21)10-27-18(22)11-8-14-15(26-7-6-25-14)9-13(11)20(23)24/h2-5,8-9H,6-7,10H2,1H3,(H,19,21). The molecule has 0 radical (unpaired) electrons. The lowest BCUT2D eigenvalue weighted by atomic mass is 10.1. The molecule has 1 aliphatic rings. The van der Waals surface area contributed by atoms with E-state index >= 15 is 0 Å². The van der Waals surface area contributed by atoms with Crippen LogP contribution in [0, 0.1) is 10.1 Å². The molecule has 2 aromatic rings. The molecule has 28 heavy (non-hydrogen) atoms. The molecule has 0 unspecified atom stereocenters. The van der Waals surface area contributed by atoms with Gasteiger partial charge in [-0.2, -0.15) is 0 Å². The third kappa shape index (κ3) is 4.34. The summed E-state index contributed by atoms with van der Waals surface area (Å²) in [6.07, 6.45) is 1.87. The Morgan fingerprint density at radius 3 is 2.57 bits per heavy atom. The zero-order valence-corrected chi connectivity index (χ0v) is 15.6. The summed E-state index contributed by atoms with van der Waals surface area (Å²) in [5.41, 5.74) is -0.213. The van der Waals surface area contributed by atoms with Crippen LogP contribution in [0.4, 0.5) is 11.4 Å². The molecule has 1 aliphatic heterocycles. The molecule has 0 atom stereocenters. The molecule has 0 fully saturated rings. The normalized spacial score (nSPS) is 12.2. The number of benzene rings is 2. The first-order valence-corrected chi connectivity index (χ1v) is 9.40. The van der Waals surface area contributed by atoms with E-state index in [2.05, 4.69) is 5.32 Å². The Labute approximate surface area is 164 Å². The van der Waals surface area contributed by atoms with Gasteiger partial charge in [0.15, 0.2) is 18.1 Å². The van der Waals surface area contributed by atoms with Crippen molar-refractivity contribution in [3.8, 4) is 11.5 Å². The minimum Gasteiger partial charge on any atom is -0.486 e. The van der Waals surface area contributed by atoms with Gasteiger partial charge in [-0.15, -0.1) is 11.8 Å². The summed E-state index contributed by atoms with van der Waals surface area (Å²) in [5, 5.41) is 13.9. The molecule has 0 bridgehead atoms. The number of hydrogen-bond donors (Lipinski definition) is 1. The molecule has 0 spiro atoms. The quantitative estimate of drug-likeness (QED) is 0.338. The van der Waals surface area contributed by atoms with Crippen LogP contribution in [-0.2, 0) is 9.53 Å². The van der Waals surface area contributed by atoms with Crippen LogP contribution >= 0.6 is 11.8 Å². The van der Waals surface area contributed by atoms with Gasteiger partial charge in [0.25, 0.3) is 11.6 Å². The lowest BCUT2D eigenvalue weighted by Crippen LogP contribution is -2.22. The van der Waals surface area contributed by atoms with E-state index in [-0.39, 0.29) is 30.3 Å². The number of rotatable bonds is 6. The van der Waals surface area contributed by atoms with E-state index in [1.165, 1.54) is 17.8 Å². The molecular weight excluding hydrogens is 388 g/mol. The van der Waals surface area contributed by atoms with Gasteiger partial charge in [-0.1, -0.05) is 12.1 Å². The molecule has 2 aromatic carbocycles. The van der Waals surface area contributed by atoms with Gasteiger partial charge in [0.1, 0.15) is 18.8 Å². The second-order valence-corrected chi connectivity index (χ2v) is 6.44. The highest BCUT2D eigenvalue weighted by Crippen LogP contribution is 2.36. The van der Waals surface area contributed by atoms with E-state index in [1.807, 2.05) is 18.4 Å². The van der Waals surface area contributed by atoms with Gasteiger partial charge in [-0.05, 0) is 18.4 Å². The summed E-state index contributed by atoms with van der Waals surface area (Å²) in [5.74, 6) is -1.17.